The third kappa shape index (κ3) is 1.94. The molecule has 0 aliphatic carbocycles. The molecule has 1 fully saturated rings. The predicted molar refractivity (Wildman–Crippen MR) is 40.4 cm³/mol. The summed E-state index contributed by atoms with van der Waals surface area (Å²) >= 11 is 0. The Labute approximate surface area is 62.1 Å². The van der Waals surface area contributed by atoms with Gasteiger partial charge in [0.05, 0.1) is 13.2 Å². The Morgan fingerprint density at radius 2 is 2.20 bits per heavy atom. The van der Waals surface area contributed by atoms with Gasteiger partial charge in [0, 0.05) is 19.0 Å². The van der Waals surface area contributed by atoms with Crippen molar-refractivity contribution in [3.05, 3.63) is 0 Å². The van der Waals surface area contributed by atoms with E-state index in [0.29, 0.717) is 5.41 Å². The predicted octanol–water partition coefficient (Wildman–Crippen LogP) is 0.218. The van der Waals surface area contributed by atoms with Gasteiger partial charge in [0.25, 0.3) is 0 Å². The Morgan fingerprint density at radius 3 is 2.50 bits per heavy atom. The SMILES string of the molecule is CN(N)CCC1(C)COC1. The summed E-state index contributed by atoms with van der Waals surface area (Å²) in [5.41, 5.74) is 0.410. The van der Waals surface area contributed by atoms with Crippen molar-refractivity contribution in [1.82, 2.24) is 5.01 Å². The van der Waals surface area contributed by atoms with Gasteiger partial charge < -0.3 is 4.74 Å². The molecule has 0 spiro atoms. The summed E-state index contributed by atoms with van der Waals surface area (Å²) in [6, 6.07) is 0. The molecule has 0 aromatic heterocycles. The molecule has 0 aromatic rings. The van der Waals surface area contributed by atoms with Crippen LogP contribution in [0.15, 0.2) is 0 Å². The van der Waals surface area contributed by atoms with E-state index in [2.05, 4.69) is 6.92 Å². The summed E-state index contributed by atoms with van der Waals surface area (Å²) in [6.07, 6.45) is 1.14. The zero-order valence-corrected chi connectivity index (χ0v) is 6.76. The van der Waals surface area contributed by atoms with E-state index in [9.17, 15) is 0 Å². The summed E-state index contributed by atoms with van der Waals surface area (Å²) in [4.78, 5) is 0. The molecule has 0 aromatic carbocycles. The lowest BCUT2D eigenvalue weighted by Gasteiger charge is -2.38. The van der Waals surface area contributed by atoms with Crippen LogP contribution in [0, 0.1) is 5.41 Å². The first-order valence-corrected chi connectivity index (χ1v) is 3.66. The Bertz CT molecular complexity index is 110. The lowest BCUT2D eigenvalue weighted by Crippen LogP contribution is -2.43. The van der Waals surface area contributed by atoms with E-state index in [1.54, 1.807) is 5.01 Å². The van der Waals surface area contributed by atoms with Gasteiger partial charge in [-0.25, -0.2) is 0 Å². The molecule has 1 aliphatic heterocycles. The van der Waals surface area contributed by atoms with Gasteiger partial charge in [-0.3, -0.25) is 10.9 Å². The highest BCUT2D eigenvalue weighted by Crippen LogP contribution is 2.29. The van der Waals surface area contributed by atoms with E-state index in [1.807, 2.05) is 7.05 Å². The van der Waals surface area contributed by atoms with Gasteiger partial charge in [0.2, 0.25) is 0 Å². The largest absolute Gasteiger partial charge is 0.380 e. The van der Waals surface area contributed by atoms with Crippen LogP contribution in [0.5, 0.6) is 0 Å². The number of hydrogen-bond donors (Lipinski definition) is 1. The van der Waals surface area contributed by atoms with Gasteiger partial charge in [-0.2, -0.15) is 0 Å². The van der Waals surface area contributed by atoms with E-state index in [4.69, 9.17) is 10.6 Å². The molecule has 0 amide bonds. The van der Waals surface area contributed by atoms with Crippen LogP contribution in [-0.4, -0.2) is 31.8 Å². The molecule has 60 valence electrons. The van der Waals surface area contributed by atoms with Crippen LogP contribution in [0.25, 0.3) is 0 Å². The molecule has 0 radical (unpaired) electrons. The van der Waals surface area contributed by atoms with Crippen LogP contribution in [0.1, 0.15) is 13.3 Å². The number of nitrogens with two attached hydrogens (primary N) is 1. The molecule has 1 rings (SSSR count). The van der Waals surface area contributed by atoms with Gasteiger partial charge >= 0.3 is 0 Å². The molecular weight excluding hydrogens is 128 g/mol. The van der Waals surface area contributed by atoms with Gasteiger partial charge in [-0.1, -0.05) is 6.92 Å². The maximum atomic E-state index is 5.47. The molecule has 0 atom stereocenters. The van der Waals surface area contributed by atoms with Gasteiger partial charge in [0.15, 0.2) is 0 Å². The second-order valence-electron chi connectivity index (χ2n) is 3.53. The molecule has 1 aliphatic rings. The minimum Gasteiger partial charge on any atom is -0.380 e. The summed E-state index contributed by atoms with van der Waals surface area (Å²) in [5, 5.41) is 1.73. The normalized spacial score (nSPS) is 22.8. The highest BCUT2D eigenvalue weighted by molar-refractivity contribution is 4.80. The van der Waals surface area contributed by atoms with Crippen molar-refractivity contribution < 1.29 is 4.74 Å². The zero-order valence-electron chi connectivity index (χ0n) is 6.76. The van der Waals surface area contributed by atoms with Crippen LogP contribution < -0.4 is 5.84 Å². The fraction of sp³-hybridized carbons (Fsp3) is 1.00. The fourth-order valence-electron chi connectivity index (χ4n) is 1.04. The zero-order chi connectivity index (χ0) is 7.61. The van der Waals surface area contributed by atoms with Gasteiger partial charge in [-0.05, 0) is 6.42 Å². The van der Waals surface area contributed by atoms with E-state index in [1.165, 1.54) is 0 Å². The summed E-state index contributed by atoms with van der Waals surface area (Å²) in [7, 11) is 1.89. The van der Waals surface area contributed by atoms with Crippen LogP contribution >= 0.6 is 0 Å². The second kappa shape index (κ2) is 2.86. The first-order chi connectivity index (χ1) is 4.62. The Hall–Kier alpha value is -0.120. The molecule has 0 bridgehead atoms. The third-order valence-electron chi connectivity index (χ3n) is 1.97. The Morgan fingerprint density at radius 1 is 1.60 bits per heavy atom. The van der Waals surface area contributed by atoms with Crippen LogP contribution in [0.4, 0.5) is 0 Å². The number of nitrogens with zero attached hydrogens (tertiary/aromatic N) is 1. The minimum absolute atomic E-state index is 0.410. The van der Waals surface area contributed by atoms with Crippen molar-refractivity contribution in [3.8, 4) is 0 Å². The molecule has 1 heterocycles. The average Bonchev–Trinajstić information content (AvgIpc) is 1.79. The maximum Gasteiger partial charge on any atom is 0.0542 e. The van der Waals surface area contributed by atoms with Crippen molar-refractivity contribution >= 4 is 0 Å². The molecule has 2 N–H and O–H groups in total. The molecule has 10 heavy (non-hydrogen) atoms. The lowest BCUT2D eigenvalue weighted by atomic mass is 9.85. The van der Waals surface area contributed by atoms with Crippen molar-refractivity contribution in [1.29, 1.82) is 0 Å². The molecule has 1 saturated heterocycles. The lowest BCUT2D eigenvalue weighted by molar-refractivity contribution is -0.108. The van der Waals surface area contributed by atoms with E-state index in [-0.39, 0.29) is 0 Å². The van der Waals surface area contributed by atoms with Crippen LogP contribution in [0.2, 0.25) is 0 Å². The van der Waals surface area contributed by atoms with Gasteiger partial charge in [0.1, 0.15) is 0 Å². The smallest absolute Gasteiger partial charge is 0.0542 e. The first kappa shape index (κ1) is 7.98. The minimum atomic E-state index is 0.410. The standard InChI is InChI=1S/C7H16N2O/c1-7(5-10-6-7)3-4-9(2)8/h3-6,8H2,1-2H3. The van der Waals surface area contributed by atoms with E-state index >= 15 is 0 Å². The molecule has 3 heteroatoms. The van der Waals surface area contributed by atoms with Crippen molar-refractivity contribution in [2.75, 3.05) is 26.8 Å². The highest BCUT2D eigenvalue weighted by Gasteiger charge is 2.32. The Balaban J connectivity index is 2.12. The van der Waals surface area contributed by atoms with Crippen molar-refractivity contribution in [2.24, 2.45) is 11.3 Å². The van der Waals surface area contributed by atoms with Crippen molar-refractivity contribution in [3.63, 3.8) is 0 Å². The maximum absolute atomic E-state index is 5.47. The Kier molecular flexibility index (Phi) is 2.28. The molecule has 3 nitrogen and oxygen atoms in total. The van der Waals surface area contributed by atoms with Crippen molar-refractivity contribution in [2.45, 2.75) is 13.3 Å². The van der Waals surface area contributed by atoms with E-state index in [0.717, 1.165) is 26.2 Å². The average molecular weight is 144 g/mol. The van der Waals surface area contributed by atoms with Crippen LogP contribution in [0.3, 0.4) is 0 Å². The third-order valence-corrected chi connectivity index (χ3v) is 1.97. The molecule has 0 unspecified atom stereocenters. The summed E-state index contributed by atoms with van der Waals surface area (Å²) < 4.78 is 5.11. The van der Waals surface area contributed by atoms with E-state index < -0.39 is 0 Å². The number of rotatable bonds is 3. The monoisotopic (exact) mass is 144 g/mol. The first-order valence-electron chi connectivity index (χ1n) is 3.66. The van der Waals surface area contributed by atoms with Crippen LogP contribution in [-0.2, 0) is 4.74 Å². The van der Waals surface area contributed by atoms with Gasteiger partial charge in [-0.15, -0.1) is 0 Å². The molecule has 0 saturated carbocycles. The number of ether oxygens (including phenoxy) is 1. The summed E-state index contributed by atoms with van der Waals surface area (Å²) in [6.45, 7) is 5.00. The topological polar surface area (TPSA) is 38.5 Å². The number of hydrazine groups is 1. The second-order valence-corrected chi connectivity index (χ2v) is 3.53. The quantitative estimate of drug-likeness (QED) is 0.455. The number of hydrogen-bond acceptors (Lipinski definition) is 3. The highest BCUT2D eigenvalue weighted by atomic mass is 16.5. The summed E-state index contributed by atoms with van der Waals surface area (Å²) in [5.74, 6) is 5.47. The fourth-order valence-corrected chi connectivity index (χ4v) is 1.04. The molecular formula is C7H16N2O.